The molecule has 0 aromatic heterocycles. The zero-order valence-electron chi connectivity index (χ0n) is 17.1. The van der Waals surface area contributed by atoms with Crippen LogP contribution in [0.3, 0.4) is 0 Å². The van der Waals surface area contributed by atoms with Gasteiger partial charge in [-0.15, -0.1) is 0 Å². The van der Waals surface area contributed by atoms with Gasteiger partial charge in [-0.1, -0.05) is 103 Å². The van der Waals surface area contributed by atoms with E-state index in [0.29, 0.717) is 6.42 Å². The SMILES string of the molecule is CCCCCC(O)CCCCCCCCCCCCCCCS(=O)(=O)O. The van der Waals surface area contributed by atoms with Crippen LogP contribution in [0.15, 0.2) is 0 Å². The van der Waals surface area contributed by atoms with Crippen LogP contribution in [0.2, 0.25) is 0 Å². The van der Waals surface area contributed by atoms with Crippen LogP contribution >= 0.6 is 0 Å². The number of unbranched alkanes of at least 4 members (excludes halogenated alkanes) is 14. The van der Waals surface area contributed by atoms with E-state index in [1.807, 2.05) is 0 Å². The van der Waals surface area contributed by atoms with Gasteiger partial charge in [0.2, 0.25) is 0 Å². The Hall–Kier alpha value is -0.130. The highest BCUT2D eigenvalue weighted by Gasteiger charge is 2.04. The molecule has 0 amide bonds. The smallest absolute Gasteiger partial charge is 0.264 e. The fraction of sp³-hybridized carbons (Fsp3) is 1.00. The Morgan fingerprint density at radius 3 is 1.35 bits per heavy atom. The summed E-state index contributed by atoms with van der Waals surface area (Å²) in [6.45, 7) is 2.20. The van der Waals surface area contributed by atoms with Gasteiger partial charge in [-0.2, -0.15) is 8.42 Å². The molecule has 0 aliphatic carbocycles. The summed E-state index contributed by atoms with van der Waals surface area (Å²) >= 11 is 0. The lowest BCUT2D eigenvalue weighted by molar-refractivity contribution is 0.147. The van der Waals surface area contributed by atoms with E-state index in [9.17, 15) is 13.5 Å². The molecule has 0 aliphatic heterocycles. The predicted octanol–water partition coefficient (Wildman–Crippen LogP) is 6.28. The van der Waals surface area contributed by atoms with E-state index >= 15 is 0 Å². The van der Waals surface area contributed by atoms with Crippen molar-refractivity contribution in [2.75, 3.05) is 5.75 Å². The molecule has 0 fully saturated rings. The molecule has 0 bridgehead atoms. The lowest BCUT2D eigenvalue weighted by Crippen LogP contribution is -2.05. The van der Waals surface area contributed by atoms with Gasteiger partial charge in [-0.25, -0.2) is 0 Å². The second kappa shape index (κ2) is 18.2. The standard InChI is InChI=1S/C21H44O4S/c1-2-3-15-18-21(22)19-16-13-11-9-7-5-4-6-8-10-12-14-17-20-26(23,24)25/h21-22H,2-20H2,1H3,(H,23,24,25). The molecule has 0 spiro atoms. The van der Waals surface area contributed by atoms with Gasteiger partial charge in [-0.05, 0) is 19.3 Å². The Morgan fingerprint density at radius 2 is 0.962 bits per heavy atom. The van der Waals surface area contributed by atoms with Gasteiger partial charge in [0.05, 0.1) is 11.9 Å². The number of aliphatic hydroxyl groups is 1. The zero-order chi connectivity index (χ0) is 19.5. The Balaban J connectivity index is 3.13. The Kier molecular flexibility index (Phi) is 18.2. The molecule has 4 nitrogen and oxygen atoms in total. The molecule has 0 saturated heterocycles. The molecule has 0 rings (SSSR count). The van der Waals surface area contributed by atoms with E-state index < -0.39 is 10.1 Å². The number of hydrogen-bond donors (Lipinski definition) is 2. The highest BCUT2D eigenvalue weighted by Crippen LogP contribution is 2.15. The third kappa shape index (κ3) is 21.9. The highest BCUT2D eigenvalue weighted by molar-refractivity contribution is 7.85. The van der Waals surface area contributed by atoms with E-state index in [2.05, 4.69) is 6.92 Å². The van der Waals surface area contributed by atoms with Crippen LogP contribution in [0.4, 0.5) is 0 Å². The highest BCUT2D eigenvalue weighted by atomic mass is 32.2. The maximum Gasteiger partial charge on any atom is 0.264 e. The summed E-state index contributed by atoms with van der Waals surface area (Å²) in [6, 6.07) is 0. The number of hydrogen-bond acceptors (Lipinski definition) is 3. The second-order valence-corrected chi connectivity index (χ2v) is 9.39. The summed E-state index contributed by atoms with van der Waals surface area (Å²) in [4.78, 5) is 0. The molecule has 0 radical (unpaired) electrons. The summed E-state index contributed by atoms with van der Waals surface area (Å²) in [5, 5.41) is 9.86. The summed E-state index contributed by atoms with van der Waals surface area (Å²) in [7, 11) is -3.76. The van der Waals surface area contributed by atoms with E-state index in [0.717, 1.165) is 25.7 Å². The molecule has 26 heavy (non-hydrogen) atoms. The summed E-state index contributed by atoms with van der Waals surface area (Å²) in [5.41, 5.74) is 0. The minimum atomic E-state index is -3.76. The molecule has 0 aromatic carbocycles. The van der Waals surface area contributed by atoms with Crippen molar-refractivity contribution in [3.05, 3.63) is 0 Å². The van der Waals surface area contributed by atoms with E-state index in [1.165, 1.54) is 83.5 Å². The van der Waals surface area contributed by atoms with Gasteiger partial charge in [0.1, 0.15) is 0 Å². The van der Waals surface area contributed by atoms with Gasteiger partial charge in [0.15, 0.2) is 0 Å². The van der Waals surface area contributed by atoms with Crippen LogP contribution in [-0.4, -0.2) is 29.9 Å². The lowest BCUT2D eigenvalue weighted by Gasteiger charge is -2.09. The van der Waals surface area contributed by atoms with Crippen LogP contribution in [0.1, 0.15) is 122 Å². The van der Waals surface area contributed by atoms with Gasteiger partial charge in [0.25, 0.3) is 10.1 Å². The minimum Gasteiger partial charge on any atom is -0.393 e. The van der Waals surface area contributed by atoms with Crippen LogP contribution in [-0.2, 0) is 10.1 Å². The van der Waals surface area contributed by atoms with E-state index in [4.69, 9.17) is 4.55 Å². The first-order valence-electron chi connectivity index (χ1n) is 11.1. The number of rotatable bonds is 20. The van der Waals surface area contributed by atoms with Crippen molar-refractivity contribution in [2.45, 2.75) is 129 Å². The first kappa shape index (κ1) is 25.9. The van der Waals surface area contributed by atoms with E-state index in [1.54, 1.807) is 0 Å². The molecule has 1 atom stereocenters. The van der Waals surface area contributed by atoms with Gasteiger partial charge in [-0.3, -0.25) is 4.55 Å². The third-order valence-electron chi connectivity index (χ3n) is 5.08. The lowest BCUT2D eigenvalue weighted by atomic mass is 10.0. The maximum absolute atomic E-state index is 10.6. The molecule has 2 N–H and O–H groups in total. The van der Waals surface area contributed by atoms with Crippen LogP contribution in [0.5, 0.6) is 0 Å². The Morgan fingerprint density at radius 1 is 0.615 bits per heavy atom. The third-order valence-corrected chi connectivity index (χ3v) is 5.89. The normalized spacial score (nSPS) is 13.2. The van der Waals surface area contributed by atoms with Gasteiger partial charge >= 0.3 is 0 Å². The maximum atomic E-state index is 10.6. The minimum absolute atomic E-state index is 0.0745. The fourth-order valence-corrected chi connectivity index (χ4v) is 3.95. The van der Waals surface area contributed by atoms with Crippen molar-refractivity contribution >= 4 is 10.1 Å². The average molecular weight is 393 g/mol. The van der Waals surface area contributed by atoms with Crippen molar-refractivity contribution in [1.82, 2.24) is 0 Å². The monoisotopic (exact) mass is 392 g/mol. The average Bonchev–Trinajstić information content (AvgIpc) is 2.57. The molecule has 5 heteroatoms. The van der Waals surface area contributed by atoms with Crippen molar-refractivity contribution in [3.8, 4) is 0 Å². The van der Waals surface area contributed by atoms with Crippen LogP contribution < -0.4 is 0 Å². The van der Waals surface area contributed by atoms with Gasteiger partial charge < -0.3 is 5.11 Å². The fourth-order valence-electron chi connectivity index (χ4n) is 3.38. The topological polar surface area (TPSA) is 74.6 Å². The molecule has 0 aromatic rings. The summed E-state index contributed by atoms with van der Waals surface area (Å²) in [6.07, 6.45) is 20.8. The van der Waals surface area contributed by atoms with Crippen molar-refractivity contribution in [1.29, 1.82) is 0 Å². The van der Waals surface area contributed by atoms with E-state index in [-0.39, 0.29) is 11.9 Å². The van der Waals surface area contributed by atoms with Crippen molar-refractivity contribution in [2.24, 2.45) is 0 Å². The number of aliphatic hydroxyl groups excluding tert-OH is 1. The molecule has 0 aliphatic rings. The largest absolute Gasteiger partial charge is 0.393 e. The zero-order valence-corrected chi connectivity index (χ0v) is 17.9. The van der Waals surface area contributed by atoms with Crippen LogP contribution in [0, 0.1) is 0 Å². The molecule has 1 unspecified atom stereocenters. The quantitative estimate of drug-likeness (QED) is 0.189. The molecular weight excluding hydrogens is 348 g/mol. The molecule has 158 valence electrons. The van der Waals surface area contributed by atoms with Gasteiger partial charge in [0, 0.05) is 0 Å². The molecular formula is C21H44O4S. The Bertz CT molecular complexity index is 381. The molecule has 0 saturated carbocycles. The molecule has 0 heterocycles. The summed E-state index contributed by atoms with van der Waals surface area (Å²) in [5.74, 6) is -0.0924. The summed E-state index contributed by atoms with van der Waals surface area (Å²) < 4.78 is 29.8. The predicted molar refractivity (Wildman–Crippen MR) is 111 cm³/mol. The first-order chi connectivity index (χ1) is 12.5. The second-order valence-electron chi connectivity index (χ2n) is 7.82. The van der Waals surface area contributed by atoms with Crippen LogP contribution in [0.25, 0.3) is 0 Å². The van der Waals surface area contributed by atoms with Crippen molar-refractivity contribution < 1.29 is 18.1 Å². The Labute approximate surface area is 162 Å². The van der Waals surface area contributed by atoms with Crippen molar-refractivity contribution in [3.63, 3.8) is 0 Å². The first-order valence-corrected chi connectivity index (χ1v) is 12.7.